The van der Waals surface area contributed by atoms with E-state index in [9.17, 15) is 4.39 Å². The lowest BCUT2D eigenvalue weighted by atomic mass is 10.1. The van der Waals surface area contributed by atoms with Gasteiger partial charge in [-0.25, -0.2) is 19.3 Å². The first-order valence-electron chi connectivity index (χ1n) is 11.9. The lowest BCUT2D eigenvalue weighted by Gasteiger charge is -2.33. The predicted molar refractivity (Wildman–Crippen MR) is 130 cm³/mol. The van der Waals surface area contributed by atoms with E-state index >= 15 is 0 Å². The average Bonchev–Trinajstić information content (AvgIpc) is 3.49. The molecule has 8 nitrogen and oxygen atoms in total. The van der Waals surface area contributed by atoms with Crippen molar-refractivity contribution in [2.75, 3.05) is 43.2 Å². The molecule has 5 heterocycles. The number of aromatic nitrogens is 5. The number of nitrogens with zero attached hydrogens (tertiary/aromatic N) is 7. The quantitative estimate of drug-likeness (QED) is 0.459. The molecule has 4 aromatic rings. The Labute approximate surface area is 197 Å². The van der Waals surface area contributed by atoms with Crippen molar-refractivity contribution in [3.63, 3.8) is 0 Å². The summed E-state index contributed by atoms with van der Waals surface area (Å²) in [4.78, 5) is 18.8. The molecule has 0 saturated carbocycles. The normalized spacial score (nSPS) is 19.4. The molecule has 0 spiro atoms. The Morgan fingerprint density at radius 3 is 2.53 bits per heavy atom. The second-order valence-electron chi connectivity index (χ2n) is 9.20. The number of hydrogen-bond donors (Lipinski definition) is 0. The van der Waals surface area contributed by atoms with E-state index in [1.54, 1.807) is 0 Å². The minimum atomic E-state index is -0.814. The summed E-state index contributed by atoms with van der Waals surface area (Å²) in [6, 6.07) is 12.2. The maximum atomic E-state index is 14.0. The number of benzene rings is 1. The lowest BCUT2D eigenvalue weighted by molar-refractivity contribution is 0.0853. The van der Waals surface area contributed by atoms with Crippen molar-refractivity contribution in [3.8, 4) is 11.4 Å². The first kappa shape index (κ1) is 21.2. The number of anilines is 2. The summed E-state index contributed by atoms with van der Waals surface area (Å²) >= 11 is 0. The first-order valence-corrected chi connectivity index (χ1v) is 11.9. The van der Waals surface area contributed by atoms with Gasteiger partial charge >= 0.3 is 0 Å². The van der Waals surface area contributed by atoms with Crippen molar-refractivity contribution < 1.29 is 9.13 Å². The van der Waals surface area contributed by atoms with Crippen LogP contribution < -0.4 is 9.80 Å². The van der Waals surface area contributed by atoms with Gasteiger partial charge in [0.15, 0.2) is 5.65 Å². The lowest BCUT2D eigenvalue weighted by Crippen LogP contribution is -2.38. The van der Waals surface area contributed by atoms with Gasteiger partial charge in [0.2, 0.25) is 0 Å². The summed E-state index contributed by atoms with van der Waals surface area (Å²) in [7, 11) is 2.10. The molecule has 2 fully saturated rings. The maximum absolute atomic E-state index is 14.0. The van der Waals surface area contributed by atoms with Crippen molar-refractivity contribution in [1.82, 2.24) is 24.6 Å². The molecule has 0 aliphatic carbocycles. The number of para-hydroxylation sites is 2. The van der Waals surface area contributed by atoms with Crippen molar-refractivity contribution in [1.29, 1.82) is 0 Å². The monoisotopic (exact) mass is 460 g/mol. The van der Waals surface area contributed by atoms with Crippen molar-refractivity contribution in [3.05, 3.63) is 42.1 Å². The highest BCUT2D eigenvalue weighted by Gasteiger charge is 2.27. The van der Waals surface area contributed by atoms with Crippen LogP contribution in [0.25, 0.3) is 28.1 Å². The van der Waals surface area contributed by atoms with Crippen LogP contribution in [0.4, 0.5) is 16.0 Å². The third-order valence-electron chi connectivity index (χ3n) is 6.94. The molecule has 2 aliphatic heterocycles. The molecule has 1 aromatic carbocycles. The zero-order valence-electron chi connectivity index (χ0n) is 19.5. The van der Waals surface area contributed by atoms with E-state index in [0.29, 0.717) is 25.6 Å². The Hall–Kier alpha value is -3.33. The van der Waals surface area contributed by atoms with Gasteiger partial charge in [-0.1, -0.05) is 12.1 Å². The van der Waals surface area contributed by atoms with Gasteiger partial charge in [-0.05, 0) is 38.3 Å². The van der Waals surface area contributed by atoms with Crippen LogP contribution in [0.1, 0.15) is 25.0 Å². The third kappa shape index (κ3) is 3.73. The van der Waals surface area contributed by atoms with Crippen LogP contribution >= 0.6 is 0 Å². The van der Waals surface area contributed by atoms with Crippen LogP contribution in [0.3, 0.4) is 0 Å². The minimum Gasteiger partial charge on any atom is -0.381 e. The fourth-order valence-electron chi connectivity index (χ4n) is 4.99. The SMILES string of the molecule is Cc1nc2ccccc2nc1-c1cc2nc(N3CC[C@@H](F)C3)cc(N([11CH3])C3CCOCC3)n2n1. The summed E-state index contributed by atoms with van der Waals surface area (Å²) in [6.07, 6.45) is 1.63. The Morgan fingerprint density at radius 1 is 1.03 bits per heavy atom. The largest absolute Gasteiger partial charge is 0.381 e. The summed E-state index contributed by atoms with van der Waals surface area (Å²) in [5.41, 5.74) is 4.71. The third-order valence-corrected chi connectivity index (χ3v) is 6.94. The van der Waals surface area contributed by atoms with Gasteiger partial charge in [0.1, 0.15) is 29.2 Å². The van der Waals surface area contributed by atoms with Gasteiger partial charge in [-0.3, -0.25) is 0 Å². The second kappa shape index (κ2) is 8.47. The molecule has 34 heavy (non-hydrogen) atoms. The smallest absolute Gasteiger partial charge is 0.160 e. The topological polar surface area (TPSA) is 71.7 Å². The minimum absolute atomic E-state index is 0.342. The number of halogens is 1. The van der Waals surface area contributed by atoms with E-state index in [0.717, 1.165) is 71.5 Å². The maximum Gasteiger partial charge on any atom is 0.160 e. The second-order valence-corrected chi connectivity index (χ2v) is 9.20. The van der Waals surface area contributed by atoms with Gasteiger partial charge in [0.25, 0.3) is 0 Å². The van der Waals surface area contributed by atoms with E-state index in [4.69, 9.17) is 24.8 Å². The molecule has 0 amide bonds. The van der Waals surface area contributed by atoms with Crippen LogP contribution in [0, 0.1) is 6.92 Å². The predicted octanol–water partition coefficient (Wildman–Crippen LogP) is 3.81. The van der Waals surface area contributed by atoms with E-state index in [-0.39, 0.29) is 0 Å². The number of alkyl halides is 1. The Morgan fingerprint density at radius 2 is 1.79 bits per heavy atom. The molecule has 0 bridgehead atoms. The molecule has 2 saturated heterocycles. The molecule has 9 heteroatoms. The Balaban J connectivity index is 1.48. The molecule has 0 N–H and O–H groups in total. The zero-order valence-corrected chi connectivity index (χ0v) is 19.5. The Bertz CT molecular complexity index is 1350. The van der Waals surface area contributed by atoms with Crippen molar-refractivity contribution in [2.24, 2.45) is 0 Å². The summed E-state index contributed by atoms with van der Waals surface area (Å²) in [5.74, 6) is 1.72. The molecule has 176 valence electrons. The van der Waals surface area contributed by atoms with Crippen molar-refractivity contribution in [2.45, 2.75) is 38.4 Å². The van der Waals surface area contributed by atoms with Gasteiger partial charge < -0.3 is 14.5 Å². The summed E-state index contributed by atoms with van der Waals surface area (Å²) in [5, 5.41) is 4.94. The van der Waals surface area contributed by atoms with Crippen LogP contribution in [0.5, 0.6) is 0 Å². The number of fused-ring (bicyclic) bond motifs is 2. The zero-order chi connectivity index (χ0) is 23.2. The number of aryl methyl sites for hydroxylation is 1. The molecule has 1 atom stereocenters. The molecular formula is C25H28FN7O. The van der Waals surface area contributed by atoms with Gasteiger partial charge in [-0.15, -0.1) is 0 Å². The fourth-order valence-corrected chi connectivity index (χ4v) is 4.99. The summed E-state index contributed by atoms with van der Waals surface area (Å²) < 4.78 is 21.5. The van der Waals surface area contributed by atoms with Crippen LogP contribution in [-0.4, -0.2) is 70.1 Å². The standard InChI is InChI=1S/C25H28FN7O/c1-16-25(28-20-6-4-3-5-19(20)27-16)21-13-23-29-22(32-10-7-17(26)15-32)14-24(33(23)30-21)31(2)18-8-11-34-12-9-18/h3-6,13-14,17-18H,7-12,15H2,1-2H3/t17-/m1/s1/i2-1. The molecule has 0 unspecified atom stereocenters. The average molecular weight is 461 g/mol. The molecule has 0 radical (unpaired) electrons. The highest BCUT2D eigenvalue weighted by atomic mass is 19.1. The molecular weight excluding hydrogens is 432 g/mol. The molecule has 3 aromatic heterocycles. The van der Waals surface area contributed by atoms with E-state index < -0.39 is 6.17 Å². The van der Waals surface area contributed by atoms with Gasteiger partial charge in [0, 0.05) is 45.0 Å². The Kier molecular flexibility index (Phi) is 5.28. The van der Waals surface area contributed by atoms with Gasteiger partial charge in [-0.2, -0.15) is 9.61 Å². The van der Waals surface area contributed by atoms with Crippen LogP contribution in [0.2, 0.25) is 0 Å². The molecule has 6 rings (SSSR count). The fraction of sp³-hybridized carbons (Fsp3) is 0.440. The van der Waals surface area contributed by atoms with E-state index in [2.05, 4.69) is 11.9 Å². The number of hydrogen-bond acceptors (Lipinski definition) is 7. The van der Waals surface area contributed by atoms with E-state index in [1.165, 1.54) is 0 Å². The number of ether oxygens (including phenoxy) is 1. The summed E-state index contributed by atoms with van der Waals surface area (Å²) in [6.45, 7) is 4.50. The van der Waals surface area contributed by atoms with Crippen LogP contribution in [0.15, 0.2) is 36.4 Å². The number of rotatable bonds is 4. The van der Waals surface area contributed by atoms with Gasteiger partial charge in [0.05, 0.1) is 23.3 Å². The van der Waals surface area contributed by atoms with Crippen LogP contribution in [-0.2, 0) is 4.74 Å². The highest BCUT2D eigenvalue weighted by molar-refractivity contribution is 5.78. The first-order chi connectivity index (χ1) is 16.6. The highest BCUT2D eigenvalue weighted by Crippen LogP contribution is 2.31. The molecule has 2 aliphatic rings. The van der Waals surface area contributed by atoms with E-state index in [1.807, 2.05) is 52.7 Å². The van der Waals surface area contributed by atoms with Crippen molar-refractivity contribution >= 4 is 28.3 Å².